The fourth-order valence-electron chi connectivity index (χ4n) is 2.12. The highest BCUT2D eigenvalue weighted by atomic mass is 32.2. The van der Waals surface area contributed by atoms with E-state index in [1.165, 1.54) is 22.5 Å². The fourth-order valence-corrected chi connectivity index (χ4v) is 3.65. The van der Waals surface area contributed by atoms with Gasteiger partial charge in [-0.15, -0.1) is 0 Å². The first kappa shape index (κ1) is 12.4. The topological polar surface area (TPSA) is 92.6 Å². The molecule has 7 nitrogen and oxygen atoms in total. The van der Waals surface area contributed by atoms with Crippen molar-refractivity contribution >= 4 is 21.1 Å². The predicted octanol–water partition coefficient (Wildman–Crippen LogP) is 0.488. The van der Waals surface area contributed by atoms with Crippen LogP contribution in [0, 0.1) is 0 Å². The van der Waals surface area contributed by atoms with Gasteiger partial charge in [-0.05, 0) is 19.1 Å². The van der Waals surface area contributed by atoms with Gasteiger partial charge in [0.15, 0.2) is 5.58 Å². The summed E-state index contributed by atoms with van der Waals surface area (Å²) in [5, 5.41) is 0. The number of oxazole rings is 1. The Labute approximate surface area is 108 Å². The number of ether oxygens (including phenoxy) is 1. The molecule has 1 aromatic carbocycles. The van der Waals surface area contributed by atoms with Crippen LogP contribution < -0.4 is 5.76 Å². The smallest absolute Gasteiger partial charge is 0.408 e. The summed E-state index contributed by atoms with van der Waals surface area (Å²) in [7, 11) is -3.64. The normalized spacial score (nSPS) is 21.2. The van der Waals surface area contributed by atoms with Gasteiger partial charge in [0, 0.05) is 12.6 Å². The molecule has 1 N–H and O–H groups in total. The molecule has 102 valence electrons. The lowest BCUT2D eigenvalue weighted by atomic mass is 10.3. The van der Waals surface area contributed by atoms with Gasteiger partial charge < -0.3 is 9.15 Å². The Bertz CT molecular complexity index is 776. The van der Waals surface area contributed by atoms with Gasteiger partial charge in [-0.1, -0.05) is 0 Å². The zero-order chi connectivity index (χ0) is 13.6. The maximum Gasteiger partial charge on any atom is 0.417 e. The summed E-state index contributed by atoms with van der Waals surface area (Å²) in [5.41, 5.74) is 0.688. The van der Waals surface area contributed by atoms with Gasteiger partial charge >= 0.3 is 5.76 Å². The number of aromatic amines is 1. The van der Waals surface area contributed by atoms with Crippen molar-refractivity contribution in [2.45, 2.75) is 18.0 Å². The molecule has 1 atom stereocenters. The molecule has 0 bridgehead atoms. The van der Waals surface area contributed by atoms with Crippen LogP contribution in [0.1, 0.15) is 6.92 Å². The molecule has 0 radical (unpaired) electrons. The van der Waals surface area contributed by atoms with E-state index in [0.717, 1.165) is 0 Å². The molecule has 19 heavy (non-hydrogen) atoms. The minimum atomic E-state index is -3.64. The maximum atomic E-state index is 12.4. The molecule has 1 saturated heterocycles. The zero-order valence-electron chi connectivity index (χ0n) is 10.1. The first-order valence-electron chi connectivity index (χ1n) is 5.75. The first-order valence-corrected chi connectivity index (χ1v) is 7.19. The highest BCUT2D eigenvalue weighted by Crippen LogP contribution is 2.24. The van der Waals surface area contributed by atoms with Crippen molar-refractivity contribution in [1.82, 2.24) is 9.29 Å². The first-order chi connectivity index (χ1) is 8.98. The molecule has 0 spiro atoms. The number of hydrogen-bond donors (Lipinski definition) is 1. The van der Waals surface area contributed by atoms with Crippen molar-refractivity contribution in [2.24, 2.45) is 0 Å². The predicted molar refractivity (Wildman–Crippen MR) is 66.1 cm³/mol. The molecule has 1 fully saturated rings. The van der Waals surface area contributed by atoms with Crippen molar-refractivity contribution in [3.8, 4) is 0 Å². The number of hydrogen-bond acceptors (Lipinski definition) is 5. The van der Waals surface area contributed by atoms with E-state index >= 15 is 0 Å². The highest BCUT2D eigenvalue weighted by molar-refractivity contribution is 7.89. The van der Waals surface area contributed by atoms with E-state index in [1.807, 2.05) is 0 Å². The molecular weight excluding hydrogens is 272 g/mol. The summed E-state index contributed by atoms with van der Waals surface area (Å²) in [5.74, 6) is -0.609. The molecule has 0 saturated carbocycles. The number of benzene rings is 1. The average Bonchev–Trinajstić information content (AvgIpc) is 2.92. The quantitative estimate of drug-likeness (QED) is 0.866. The van der Waals surface area contributed by atoms with Crippen molar-refractivity contribution < 1.29 is 17.6 Å². The van der Waals surface area contributed by atoms with Crippen LogP contribution in [0.25, 0.3) is 11.1 Å². The number of rotatable bonds is 2. The van der Waals surface area contributed by atoms with Crippen LogP contribution in [0.5, 0.6) is 0 Å². The Morgan fingerprint density at radius 2 is 2.21 bits per heavy atom. The van der Waals surface area contributed by atoms with E-state index in [4.69, 9.17) is 9.15 Å². The number of H-pyrrole nitrogens is 1. The van der Waals surface area contributed by atoms with Crippen LogP contribution in [-0.4, -0.2) is 37.1 Å². The van der Waals surface area contributed by atoms with Crippen LogP contribution in [0.4, 0.5) is 0 Å². The van der Waals surface area contributed by atoms with E-state index < -0.39 is 22.0 Å². The Kier molecular flexibility index (Phi) is 2.73. The van der Waals surface area contributed by atoms with Crippen LogP contribution in [-0.2, 0) is 14.8 Å². The van der Waals surface area contributed by atoms with Crippen LogP contribution >= 0.6 is 0 Å². The molecule has 2 aromatic rings. The lowest BCUT2D eigenvalue weighted by Crippen LogP contribution is -2.34. The van der Waals surface area contributed by atoms with Gasteiger partial charge in [0.1, 0.15) is 6.23 Å². The number of aromatic nitrogens is 1. The molecule has 8 heteroatoms. The molecule has 1 aromatic heterocycles. The molecular formula is C11H12N2O5S. The fraction of sp³-hybridized carbons (Fsp3) is 0.364. The van der Waals surface area contributed by atoms with Crippen molar-refractivity contribution in [3.63, 3.8) is 0 Å². The molecule has 3 rings (SSSR count). The third-order valence-corrected chi connectivity index (χ3v) is 5.02. The summed E-state index contributed by atoms with van der Waals surface area (Å²) >= 11 is 0. The van der Waals surface area contributed by atoms with E-state index in [0.29, 0.717) is 18.7 Å². The molecule has 2 heterocycles. The lowest BCUT2D eigenvalue weighted by molar-refractivity contribution is 0.0846. The van der Waals surface area contributed by atoms with Gasteiger partial charge in [0.2, 0.25) is 10.0 Å². The molecule has 1 aliphatic heterocycles. The number of sulfonamides is 1. The van der Waals surface area contributed by atoms with Gasteiger partial charge in [0.25, 0.3) is 0 Å². The Morgan fingerprint density at radius 3 is 2.89 bits per heavy atom. The Morgan fingerprint density at radius 1 is 1.42 bits per heavy atom. The lowest BCUT2D eigenvalue weighted by Gasteiger charge is -2.19. The largest absolute Gasteiger partial charge is 0.417 e. The number of nitrogens with one attached hydrogen (secondary N) is 1. The van der Waals surface area contributed by atoms with Gasteiger partial charge in [-0.2, -0.15) is 4.31 Å². The summed E-state index contributed by atoms with van der Waals surface area (Å²) in [6, 6.07) is 4.29. The second-order valence-electron chi connectivity index (χ2n) is 4.26. The van der Waals surface area contributed by atoms with Gasteiger partial charge in [-0.3, -0.25) is 4.98 Å². The van der Waals surface area contributed by atoms with E-state index in [2.05, 4.69) is 4.98 Å². The SMILES string of the molecule is CC1OCCN1S(=O)(=O)c1ccc2[nH]c(=O)oc2c1. The Balaban J connectivity index is 2.10. The monoisotopic (exact) mass is 284 g/mol. The van der Waals surface area contributed by atoms with E-state index in [-0.39, 0.29) is 10.5 Å². The van der Waals surface area contributed by atoms with Crippen LogP contribution in [0.15, 0.2) is 32.3 Å². The third-order valence-electron chi connectivity index (χ3n) is 3.08. The van der Waals surface area contributed by atoms with Crippen molar-refractivity contribution in [3.05, 3.63) is 28.7 Å². The molecule has 0 aliphatic carbocycles. The van der Waals surface area contributed by atoms with E-state index in [9.17, 15) is 13.2 Å². The zero-order valence-corrected chi connectivity index (χ0v) is 10.9. The highest BCUT2D eigenvalue weighted by Gasteiger charge is 2.33. The standard InChI is InChI=1S/C11H12N2O5S/c1-7-13(4-5-17-7)19(15,16)8-2-3-9-10(6-8)18-11(14)12-9/h2-3,6-7H,4-5H2,1H3,(H,12,14). The second-order valence-corrected chi connectivity index (χ2v) is 6.15. The summed E-state index contributed by atoms with van der Waals surface area (Å²) in [6.07, 6.45) is -0.487. The van der Waals surface area contributed by atoms with Gasteiger partial charge in [-0.25, -0.2) is 13.2 Å². The molecule has 0 amide bonds. The summed E-state index contributed by atoms with van der Waals surface area (Å²) < 4.78 is 36.2. The van der Waals surface area contributed by atoms with Crippen molar-refractivity contribution in [2.75, 3.05) is 13.2 Å². The average molecular weight is 284 g/mol. The van der Waals surface area contributed by atoms with Crippen LogP contribution in [0.2, 0.25) is 0 Å². The Hall–Kier alpha value is -1.64. The molecule has 1 aliphatic rings. The number of nitrogens with zero attached hydrogens (tertiary/aromatic N) is 1. The summed E-state index contributed by atoms with van der Waals surface area (Å²) in [4.78, 5) is 13.6. The van der Waals surface area contributed by atoms with E-state index in [1.54, 1.807) is 6.92 Å². The van der Waals surface area contributed by atoms with Crippen molar-refractivity contribution in [1.29, 1.82) is 0 Å². The van der Waals surface area contributed by atoms with Crippen LogP contribution in [0.3, 0.4) is 0 Å². The molecule has 1 unspecified atom stereocenters. The third kappa shape index (κ3) is 1.97. The van der Waals surface area contributed by atoms with Gasteiger partial charge in [0.05, 0.1) is 17.0 Å². The summed E-state index contributed by atoms with van der Waals surface area (Å²) in [6.45, 7) is 2.37. The second kappa shape index (κ2) is 4.19. The maximum absolute atomic E-state index is 12.4. The number of fused-ring (bicyclic) bond motifs is 1. The minimum Gasteiger partial charge on any atom is -0.408 e. The minimum absolute atomic E-state index is 0.0834.